The highest BCUT2D eigenvalue weighted by molar-refractivity contribution is 5.65. The molecule has 0 aromatic rings. The maximum atomic E-state index is 10.7. The number of piperidine rings is 1. The first kappa shape index (κ1) is 12.2. The summed E-state index contributed by atoms with van der Waals surface area (Å²) in [7, 11) is 1.51. The van der Waals surface area contributed by atoms with E-state index in [9.17, 15) is 4.79 Å². The van der Waals surface area contributed by atoms with Gasteiger partial charge in [-0.05, 0) is 6.42 Å². The van der Waals surface area contributed by atoms with Gasteiger partial charge in [-0.15, -0.1) is 0 Å². The average molecular weight is 219 g/mol. The van der Waals surface area contributed by atoms with Crippen molar-refractivity contribution in [2.45, 2.75) is 12.5 Å². The summed E-state index contributed by atoms with van der Waals surface area (Å²) in [5, 5.41) is 17.9. The molecule has 1 rings (SSSR count). The van der Waals surface area contributed by atoms with E-state index in [-0.39, 0.29) is 25.4 Å². The number of rotatable bonds is 4. The Hall–Kier alpha value is -0.850. The monoisotopic (exact) mass is 219 g/mol. The van der Waals surface area contributed by atoms with Crippen molar-refractivity contribution in [1.82, 2.24) is 4.90 Å². The second-order valence-corrected chi connectivity index (χ2v) is 3.57. The van der Waals surface area contributed by atoms with Gasteiger partial charge in [0.1, 0.15) is 6.79 Å². The number of ether oxygens (including phenoxy) is 2. The number of hydrogen-bond donors (Lipinski definition) is 2. The topological polar surface area (TPSA) is 79.2 Å². The van der Waals surface area contributed by atoms with Crippen molar-refractivity contribution in [2.75, 3.05) is 33.6 Å². The van der Waals surface area contributed by atoms with Crippen LogP contribution in [0, 0.1) is 5.92 Å². The minimum Gasteiger partial charge on any atom is -0.465 e. The van der Waals surface area contributed by atoms with E-state index in [0.29, 0.717) is 19.5 Å². The summed E-state index contributed by atoms with van der Waals surface area (Å²) < 4.78 is 10.1. The molecule has 0 saturated carbocycles. The number of likely N-dealkylation sites (tertiary alicyclic amines) is 1. The van der Waals surface area contributed by atoms with E-state index in [1.165, 1.54) is 12.0 Å². The Morgan fingerprint density at radius 1 is 1.60 bits per heavy atom. The maximum Gasteiger partial charge on any atom is 0.407 e. The van der Waals surface area contributed by atoms with Crippen LogP contribution in [-0.4, -0.2) is 60.9 Å². The number of aliphatic hydroxyl groups excluding tert-OH is 1. The van der Waals surface area contributed by atoms with Crippen LogP contribution in [0.3, 0.4) is 0 Å². The van der Waals surface area contributed by atoms with Gasteiger partial charge >= 0.3 is 6.09 Å². The Balaban J connectivity index is 2.49. The normalized spacial score (nSPS) is 26.7. The molecule has 0 bridgehead atoms. The van der Waals surface area contributed by atoms with Crippen molar-refractivity contribution in [3.63, 3.8) is 0 Å². The molecular weight excluding hydrogens is 202 g/mol. The molecular formula is C9H17NO5. The predicted molar refractivity (Wildman–Crippen MR) is 51.5 cm³/mol. The second-order valence-electron chi connectivity index (χ2n) is 3.57. The SMILES string of the molecule is COCOC1CN(C(=O)O)CCC1CO. The lowest BCUT2D eigenvalue weighted by Gasteiger charge is -2.35. The van der Waals surface area contributed by atoms with E-state index < -0.39 is 6.09 Å². The Labute approximate surface area is 88.4 Å². The standard InChI is InChI=1S/C9H17NO5/c1-14-6-15-8-4-10(9(12)13)3-2-7(8)5-11/h7-8,11H,2-6H2,1H3,(H,12,13). The molecule has 0 radical (unpaired) electrons. The number of carbonyl (C=O) groups is 1. The highest BCUT2D eigenvalue weighted by Gasteiger charge is 2.31. The Kier molecular flexibility index (Phi) is 4.80. The molecule has 1 saturated heterocycles. The summed E-state index contributed by atoms with van der Waals surface area (Å²) in [5.74, 6) is -0.00394. The Morgan fingerprint density at radius 3 is 2.87 bits per heavy atom. The van der Waals surface area contributed by atoms with E-state index >= 15 is 0 Å². The number of amides is 1. The molecule has 1 amide bonds. The maximum absolute atomic E-state index is 10.7. The van der Waals surface area contributed by atoms with Crippen LogP contribution in [0.2, 0.25) is 0 Å². The van der Waals surface area contributed by atoms with Crippen LogP contribution < -0.4 is 0 Å². The average Bonchev–Trinajstić information content (AvgIpc) is 2.25. The minimum atomic E-state index is -0.947. The molecule has 1 aliphatic heterocycles. The third-order valence-electron chi connectivity index (χ3n) is 2.60. The van der Waals surface area contributed by atoms with Gasteiger partial charge in [0.2, 0.25) is 0 Å². The van der Waals surface area contributed by atoms with E-state index in [4.69, 9.17) is 19.7 Å². The van der Waals surface area contributed by atoms with E-state index in [1.807, 2.05) is 0 Å². The molecule has 0 aromatic heterocycles. The van der Waals surface area contributed by atoms with E-state index in [1.54, 1.807) is 0 Å². The first-order valence-corrected chi connectivity index (χ1v) is 4.88. The van der Waals surface area contributed by atoms with Gasteiger partial charge in [-0.25, -0.2) is 4.79 Å². The summed E-state index contributed by atoms with van der Waals surface area (Å²) in [6.07, 6.45) is -0.603. The molecule has 6 nitrogen and oxygen atoms in total. The van der Waals surface area contributed by atoms with Crippen molar-refractivity contribution in [1.29, 1.82) is 0 Å². The van der Waals surface area contributed by atoms with Crippen molar-refractivity contribution >= 4 is 6.09 Å². The lowest BCUT2D eigenvalue weighted by Crippen LogP contribution is -2.48. The van der Waals surface area contributed by atoms with Crippen molar-refractivity contribution in [3.8, 4) is 0 Å². The Bertz CT molecular complexity index is 211. The molecule has 2 atom stereocenters. The van der Waals surface area contributed by atoms with Gasteiger partial charge in [0.15, 0.2) is 0 Å². The van der Waals surface area contributed by atoms with Gasteiger partial charge in [0.25, 0.3) is 0 Å². The lowest BCUT2D eigenvalue weighted by molar-refractivity contribution is -0.117. The fourth-order valence-electron chi connectivity index (χ4n) is 1.69. The zero-order valence-corrected chi connectivity index (χ0v) is 8.76. The van der Waals surface area contributed by atoms with Crippen LogP contribution in [0.25, 0.3) is 0 Å². The lowest BCUT2D eigenvalue weighted by atomic mass is 9.95. The number of nitrogens with zero attached hydrogens (tertiary/aromatic N) is 1. The van der Waals surface area contributed by atoms with Gasteiger partial charge in [-0.2, -0.15) is 0 Å². The number of methoxy groups -OCH3 is 1. The zero-order valence-electron chi connectivity index (χ0n) is 8.76. The first-order chi connectivity index (χ1) is 7.19. The second kappa shape index (κ2) is 5.89. The summed E-state index contributed by atoms with van der Waals surface area (Å²) >= 11 is 0. The van der Waals surface area contributed by atoms with E-state index in [0.717, 1.165) is 0 Å². The molecule has 2 N–H and O–H groups in total. The zero-order chi connectivity index (χ0) is 11.3. The minimum absolute atomic E-state index is 0.00394. The number of aliphatic hydroxyl groups is 1. The van der Waals surface area contributed by atoms with Gasteiger partial charge in [0, 0.05) is 26.2 Å². The molecule has 2 unspecified atom stereocenters. The molecule has 0 spiro atoms. The molecule has 6 heteroatoms. The highest BCUT2D eigenvalue weighted by atomic mass is 16.7. The van der Waals surface area contributed by atoms with Crippen molar-refractivity contribution in [3.05, 3.63) is 0 Å². The smallest absolute Gasteiger partial charge is 0.407 e. The van der Waals surface area contributed by atoms with E-state index in [2.05, 4.69) is 0 Å². The largest absolute Gasteiger partial charge is 0.465 e. The molecule has 1 aliphatic rings. The van der Waals surface area contributed by atoms with Crippen LogP contribution >= 0.6 is 0 Å². The molecule has 1 fully saturated rings. The predicted octanol–water partition coefficient (Wildman–Crippen LogP) is -0.0323. The van der Waals surface area contributed by atoms with Crippen LogP contribution in [0.4, 0.5) is 4.79 Å². The quantitative estimate of drug-likeness (QED) is 0.649. The molecule has 15 heavy (non-hydrogen) atoms. The van der Waals surface area contributed by atoms with Crippen molar-refractivity contribution < 1.29 is 24.5 Å². The fraction of sp³-hybridized carbons (Fsp3) is 0.889. The molecule has 0 aliphatic carbocycles. The first-order valence-electron chi connectivity index (χ1n) is 4.88. The highest BCUT2D eigenvalue weighted by Crippen LogP contribution is 2.20. The van der Waals surface area contributed by atoms with Gasteiger partial charge in [-0.3, -0.25) is 0 Å². The molecule has 1 heterocycles. The number of carboxylic acid groups (broad SMARTS) is 1. The summed E-state index contributed by atoms with van der Waals surface area (Å²) in [4.78, 5) is 12.0. The fourth-order valence-corrected chi connectivity index (χ4v) is 1.69. The number of hydrogen-bond acceptors (Lipinski definition) is 4. The van der Waals surface area contributed by atoms with Gasteiger partial charge in [0.05, 0.1) is 12.6 Å². The van der Waals surface area contributed by atoms with Crippen LogP contribution in [0.1, 0.15) is 6.42 Å². The van der Waals surface area contributed by atoms with Crippen molar-refractivity contribution in [2.24, 2.45) is 5.92 Å². The molecule has 88 valence electrons. The van der Waals surface area contributed by atoms with Crippen LogP contribution in [0.15, 0.2) is 0 Å². The Morgan fingerprint density at radius 2 is 2.33 bits per heavy atom. The summed E-state index contributed by atoms with van der Waals surface area (Å²) in [6, 6.07) is 0. The summed E-state index contributed by atoms with van der Waals surface area (Å²) in [5.41, 5.74) is 0. The van der Waals surface area contributed by atoms with Gasteiger partial charge in [-0.1, -0.05) is 0 Å². The third-order valence-corrected chi connectivity index (χ3v) is 2.60. The van der Waals surface area contributed by atoms with Crippen LogP contribution in [-0.2, 0) is 9.47 Å². The third kappa shape index (κ3) is 3.33. The van der Waals surface area contributed by atoms with Crippen LogP contribution in [0.5, 0.6) is 0 Å². The molecule has 0 aromatic carbocycles. The van der Waals surface area contributed by atoms with Gasteiger partial charge < -0.3 is 24.6 Å². The summed E-state index contributed by atoms with van der Waals surface area (Å²) in [6.45, 7) is 0.883.